The van der Waals surface area contributed by atoms with E-state index in [0.29, 0.717) is 5.69 Å². The molecule has 0 fully saturated rings. The van der Waals surface area contributed by atoms with Crippen LogP contribution in [0, 0.1) is 0 Å². The monoisotopic (exact) mass is 928 g/mol. The van der Waals surface area contributed by atoms with E-state index in [1.807, 2.05) is 0 Å². The molecule has 0 bridgehead atoms. The molecule has 0 aliphatic heterocycles. The van der Waals surface area contributed by atoms with Crippen molar-refractivity contribution in [1.82, 2.24) is 29.9 Å². The molecule has 0 aromatic carbocycles. The highest BCUT2D eigenvalue weighted by atomic mass is 16.4. The zero-order valence-electron chi connectivity index (χ0n) is 33.9. The van der Waals surface area contributed by atoms with Crippen LogP contribution in [0.2, 0.25) is 0 Å². The maximum absolute atomic E-state index is 9.83. The minimum absolute atomic E-state index is 0.0176. The molecule has 22 N–H and O–H groups in total. The minimum atomic E-state index is -1.68. The van der Waals surface area contributed by atoms with Gasteiger partial charge in [-0.2, -0.15) is 0 Å². The summed E-state index contributed by atoms with van der Waals surface area (Å²) in [6.07, 6.45) is -17.6. The minimum Gasteiger partial charge on any atom is -0.394 e. The van der Waals surface area contributed by atoms with Gasteiger partial charge in [-0.15, -0.1) is 0 Å². The smallest absolute Gasteiger partial charge is 0.126 e. The van der Waals surface area contributed by atoms with Gasteiger partial charge in [0.15, 0.2) is 0 Å². The fourth-order valence-corrected chi connectivity index (χ4v) is 4.86. The largest absolute Gasteiger partial charge is 0.394 e. The molecule has 28 nitrogen and oxygen atoms in total. The van der Waals surface area contributed by atoms with Crippen molar-refractivity contribution >= 4 is 0 Å². The van der Waals surface area contributed by atoms with Crippen LogP contribution in [0.15, 0.2) is 37.2 Å². The second kappa shape index (κ2) is 29.8. The van der Waals surface area contributed by atoms with Crippen LogP contribution >= 0.6 is 0 Å². The molecule has 28 heteroatoms. The molecular formula is C36H60N6O22. The molecule has 0 spiro atoms. The Morgan fingerprint density at radius 3 is 0.891 bits per heavy atom. The second-order valence-electron chi connectivity index (χ2n) is 14.0. The summed E-state index contributed by atoms with van der Waals surface area (Å²) in [6.45, 7) is -4.15. The molecule has 3 rings (SSSR count). The fourth-order valence-electron chi connectivity index (χ4n) is 4.86. The Bertz CT molecular complexity index is 1640. The van der Waals surface area contributed by atoms with Gasteiger partial charge in [0.25, 0.3) is 0 Å². The molecule has 366 valence electrons. The van der Waals surface area contributed by atoms with Crippen molar-refractivity contribution < 1.29 is 112 Å². The predicted molar refractivity (Wildman–Crippen MR) is 208 cm³/mol. The van der Waals surface area contributed by atoms with Gasteiger partial charge in [-0.05, 0) is 0 Å². The quantitative estimate of drug-likeness (QED) is 0.0396. The average Bonchev–Trinajstić information content (AvgIpc) is 3.33. The third-order valence-electron chi connectivity index (χ3n) is 9.05. The van der Waals surface area contributed by atoms with Gasteiger partial charge in [0, 0.05) is 25.2 Å². The molecule has 0 saturated carbocycles. The Labute approximate surface area is 363 Å². The first-order valence-electron chi connectivity index (χ1n) is 19.1. The van der Waals surface area contributed by atoms with Crippen molar-refractivity contribution in [3.63, 3.8) is 0 Å². The van der Waals surface area contributed by atoms with Crippen LogP contribution in [-0.4, -0.2) is 255 Å². The van der Waals surface area contributed by atoms with E-state index in [2.05, 4.69) is 29.9 Å². The molecule has 0 radical (unpaired) electrons. The van der Waals surface area contributed by atoms with E-state index in [4.69, 9.17) is 30.6 Å². The maximum atomic E-state index is 9.83. The Balaban J connectivity index is 0.000000480. The van der Waals surface area contributed by atoms with Crippen molar-refractivity contribution in [3.05, 3.63) is 71.3 Å². The molecule has 0 saturated heterocycles. The van der Waals surface area contributed by atoms with Gasteiger partial charge in [-0.25, -0.2) is 0 Å². The van der Waals surface area contributed by atoms with Gasteiger partial charge >= 0.3 is 0 Å². The van der Waals surface area contributed by atoms with Crippen LogP contribution in [0.4, 0.5) is 0 Å². The van der Waals surface area contributed by atoms with Crippen LogP contribution in [0.3, 0.4) is 0 Å². The summed E-state index contributed by atoms with van der Waals surface area (Å²) in [5.74, 6) is 0. The van der Waals surface area contributed by atoms with Gasteiger partial charge in [0.05, 0.1) is 111 Å². The van der Waals surface area contributed by atoms with E-state index in [-0.39, 0.29) is 41.3 Å². The number of hydrogen-bond donors (Lipinski definition) is 22. The molecule has 0 aliphatic carbocycles. The van der Waals surface area contributed by atoms with Gasteiger partial charge in [0.1, 0.15) is 85.5 Å². The van der Waals surface area contributed by atoms with Crippen LogP contribution in [0.1, 0.15) is 58.6 Å². The number of hydrogen-bond acceptors (Lipinski definition) is 28. The van der Waals surface area contributed by atoms with Crippen molar-refractivity contribution in [2.75, 3.05) is 39.6 Å². The highest BCUT2D eigenvalue weighted by Gasteiger charge is 2.31. The van der Waals surface area contributed by atoms with E-state index in [0.717, 1.165) is 24.8 Å². The first-order chi connectivity index (χ1) is 30.1. The third-order valence-corrected chi connectivity index (χ3v) is 9.05. The lowest BCUT2D eigenvalue weighted by Gasteiger charge is -2.22. The van der Waals surface area contributed by atoms with E-state index in [1.165, 1.54) is 12.4 Å². The average molecular weight is 929 g/mol. The first-order valence-corrected chi connectivity index (χ1v) is 19.1. The molecule has 16 atom stereocenters. The molecule has 3 aromatic heterocycles. The summed E-state index contributed by atoms with van der Waals surface area (Å²) < 4.78 is 0. The summed E-state index contributed by atoms with van der Waals surface area (Å²) in [4.78, 5) is 22.9. The van der Waals surface area contributed by atoms with E-state index < -0.39 is 137 Å². The lowest BCUT2D eigenvalue weighted by atomic mass is 10.0. The summed E-state index contributed by atoms with van der Waals surface area (Å²) in [7, 11) is 0. The topological polar surface area (TPSA) is 522 Å². The molecule has 16 unspecified atom stereocenters. The zero-order chi connectivity index (χ0) is 48.8. The lowest BCUT2D eigenvalue weighted by molar-refractivity contribution is -0.0808. The zero-order valence-corrected chi connectivity index (χ0v) is 33.9. The van der Waals surface area contributed by atoms with Gasteiger partial charge in [-0.3, -0.25) is 29.9 Å². The van der Waals surface area contributed by atoms with Crippen LogP contribution in [-0.2, 0) is 12.8 Å². The normalized spacial score (nSPS) is 19.2. The number of rotatable bonds is 24. The summed E-state index contributed by atoms with van der Waals surface area (Å²) >= 11 is 0. The van der Waals surface area contributed by atoms with Gasteiger partial charge in [-0.1, -0.05) is 0 Å². The molecule has 0 amide bonds. The highest BCUT2D eigenvalue weighted by molar-refractivity contribution is 5.11. The van der Waals surface area contributed by atoms with Crippen LogP contribution in [0.25, 0.3) is 0 Å². The summed E-state index contributed by atoms with van der Waals surface area (Å²) in [5, 5.41) is 204. The Morgan fingerprint density at radius 1 is 0.297 bits per heavy atom. The molecule has 64 heavy (non-hydrogen) atoms. The first kappa shape index (κ1) is 58.4. The van der Waals surface area contributed by atoms with Crippen molar-refractivity contribution in [1.29, 1.82) is 0 Å². The van der Waals surface area contributed by atoms with Crippen molar-refractivity contribution in [2.24, 2.45) is 0 Å². The van der Waals surface area contributed by atoms with Crippen molar-refractivity contribution in [2.45, 2.75) is 111 Å². The fraction of sp³-hybridized carbons (Fsp3) is 0.667. The van der Waals surface area contributed by atoms with E-state index >= 15 is 0 Å². The van der Waals surface area contributed by atoms with Crippen LogP contribution in [0.5, 0.6) is 0 Å². The Morgan fingerprint density at radius 2 is 0.594 bits per heavy atom. The molecule has 3 heterocycles. The van der Waals surface area contributed by atoms with E-state index in [9.17, 15) is 81.7 Å². The number of aromatic nitrogens is 6. The maximum Gasteiger partial charge on any atom is 0.126 e. The third kappa shape index (κ3) is 18.3. The number of nitrogens with zero attached hydrogens (tertiary/aromatic N) is 6. The molecular weight excluding hydrogens is 868 g/mol. The molecule has 3 aromatic rings. The van der Waals surface area contributed by atoms with E-state index in [1.54, 1.807) is 0 Å². The highest BCUT2D eigenvalue weighted by Crippen LogP contribution is 2.21. The SMILES string of the molecule is OCC(O)C(O)C(O)c1cnc(C(O)C(O)C(O)CO)cn1.OCC(O)C(O)Cc1cnc(C(O)C(O)C(O)CO)cn1.OCC(O)C(O)Cc1cncc(C(O)C(O)C(O)CO)n1. The number of aliphatic hydroxyl groups excluding tert-OH is 22. The molecule has 0 aliphatic rings. The van der Waals surface area contributed by atoms with Crippen molar-refractivity contribution in [3.8, 4) is 0 Å². The van der Waals surface area contributed by atoms with Crippen LogP contribution < -0.4 is 0 Å². The number of aliphatic hydroxyl groups is 22. The summed E-state index contributed by atoms with van der Waals surface area (Å²) in [5.41, 5.74) is 0.191. The van der Waals surface area contributed by atoms with Gasteiger partial charge < -0.3 is 112 Å². The lowest BCUT2D eigenvalue weighted by Crippen LogP contribution is -2.36. The predicted octanol–water partition coefficient (Wildman–Crippen LogP) is -11.1. The Kier molecular flexibility index (Phi) is 27.2. The summed E-state index contributed by atoms with van der Waals surface area (Å²) in [6, 6.07) is 0. The standard InChI is InChI=1S/C12H20N2O8.2C12H20N2O7/c15-3-7(17)11(21)9(19)5-1-13-6(2-14-5)10(20)12(22)8(18)4-16;15-4-9(18)8(17)1-6-2-14-7(3-13-6)11(20)12(21)10(19)5-16;15-4-9(18)8(17)1-6-2-13-3-7(14-6)11(20)12(21)10(19)5-16/h1-2,7-12,15-22H,3-4H2;2*2-3,8-12,15-21H,1,4-5H2. The second-order valence-corrected chi connectivity index (χ2v) is 14.0. The Hall–Kier alpha value is -3.64. The van der Waals surface area contributed by atoms with Gasteiger partial charge in [0.2, 0.25) is 0 Å².